The Bertz CT molecular complexity index is 517. The van der Waals surface area contributed by atoms with Crippen LogP contribution in [-0.4, -0.2) is 9.56 Å². The summed E-state index contributed by atoms with van der Waals surface area (Å²) in [5.74, 6) is 0. The van der Waals surface area contributed by atoms with Crippen molar-refractivity contribution in [2.45, 2.75) is 45.6 Å². The summed E-state index contributed by atoms with van der Waals surface area (Å²) in [6, 6.07) is 2.06. The molecule has 1 heterocycles. The molecule has 92 valence electrons. The number of nitrogens with zero attached hydrogens (tertiary/aromatic N) is 1. The fraction of sp³-hybridized carbons (Fsp3) is 0.538. The fourth-order valence-electron chi connectivity index (χ4n) is 2.55. The standard InChI is InChI=1S/C13H18N2OS/c1-8(2)15-11-6-4-3-5-9(11)7-10(12(14)17)13(15)16/h7-8H,3-6H2,1-2H3,(H2,14,17). The van der Waals surface area contributed by atoms with Gasteiger partial charge in [-0.1, -0.05) is 12.2 Å². The van der Waals surface area contributed by atoms with Crippen LogP contribution in [0.2, 0.25) is 0 Å². The molecule has 1 aromatic heterocycles. The Morgan fingerprint density at radius 3 is 2.65 bits per heavy atom. The number of pyridine rings is 1. The van der Waals surface area contributed by atoms with E-state index in [4.69, 9.17) is 18.0 Å². The largest absolute Gasteiger partial charge is 0.389 e. The second kappa shape index (κ2) is 4.61. The molecule has 0 aliphatic heterocycles. The van der Waals surface area contributed by atoms with Crippen molar-refractivity contribution in [2.75, 3.05) is 0 Å². The van der Waals surface area contributed by atoms with Crippen LogP contribution in [0.3, 0.4) is 0 Å². The van der Waals surface area contributed by atoms with E-state index in [0.717, 1.165) is 19.3 Å². The van der Waals surface area contributed by atoms with Crippen LogP contribution in [0.4, 0.5) is 0 Å². The van der Waals surface area contributed by atoms with Crippen LogP contribution in [0.1, 0.15) is 49.6 Å². The second-order valence-corrected chi connectivity index (χ2v) is 5.31. The Labute approximate surface area is 107 Å². The molecule has 0 saturated heterocycles. The lowest BCUT2D eigenvalue weighted by Gasteiger charge is -2.24. The summed E-state index contributed by atoms with van der Waals surface area (Å²) < 4.78 is 1.86. The zero-order valence-corrected chi connectivity index (χ0v) is 11.1. The van der Waals surface area contributed by atoms with E-state index >= 15 is 0 Å². The predicted molar refractivity (Wildman–Crippen MR) is 73.6 cm³/mol. The van der Waals surface area contributed by atoms with Gasteiger partial charge < -0.3 is 10.3 Å². The van der Waals surface area contributed by atoms with Gasteiger partial charge in [0.25, 0.3) is 5.56 Å². The smallest absolute Gasteiger partial charge is 0.261 e. The van der Waals surface area contributed by atoms with Crippen LogP contribution in [0.5, 0.6) is 0 Å². The molecule has 0 spiro atoms. The van der Waals surface area contributed by atoms with Crippen LogP contribution in [0.15, 0.2) is 10.9 Å². The third kappa shape index (κ3) is 2.14. The van der Waals surface area contributed by atoms with Gasteiger partial charge in [0.2, 0.25) is 0 Å². The van der Waals surface area contributed by atoms with Crippen molar-refractivity contribution >= 4 is 17.2 Å². The van der Waals surface area contributed by atoms with Gasteiger partial charge in [0.15, 0.2) is 0 Å². The molecule has 0 fully saturated rings. The lowest BCUT2D eigenvalue weighted by atomic mass is 9.94. The molecule has 0 saturated carbocycles. The molecule has 2 N–H and O–H groups in total. The number of rotatable bonds is 2. The lowest BCUT2D eigenvalue weighted by molar-refractivity contribution is 0.518. The normalized spacial score (nSPS) is 14.8. The number of hydrogen-bond donors (Lipinski definition) is 1. The Balaban J connectivity index is 2.73. The molecule has 4 heteroatoms. The van der Waals surface area contributed by atoms with Gasteiger partial charge in [0, 0.05) is 11.7 Å². The first-order valence-electron chi connectivity index (χ1n) is 6.09. The Morgan fingerprint density at radius 2 is 2.06 bits per heavy atom. The van der Waals surface area contributed by atoms with Crippen molar-refractivity contribution in [3.63, 3.8) is 0 Å². The molecule has 3 nitrogen and oxygen atoms in total. The first-order chi connectivity index (χ1) is 8.02. The van der Waals surface area contributed by atoms with Crippen LogP contribution >= 0.6 is 12.2 Å². The molecule has 0 amide bonds. The van der Waals surface area contributed by atoms with Crippen LogP contribution in [-0.2, 0) is 12.8 Å². The van der Waals surface area contributed by atoms with Gasteiger partial charge in [-0.15, -0.1) is 0 Å². The second-order valence-electron chi connectivity index (χ2n) is 4.87. The molecule has 1 aliphatic rings. The van der Waals surface area contributed by atoms with Gasteiger partial charge in [-0.05, 0) is 51.2 Å². The number of fused-ring (bicyclic) bond motifs is 1. The number of aryl methyl sites for hydroxylation is 1. The highest BCUT2D eigenvalue weighted by molar-refractivity contribution is 7.80. The van der Waals surface area contributed by atoms with Gasteiger partial charge in [-0.3, -0.25) is 4.79 Å². The van der Waals surface area contributed by atoms with E-state index in [-0.39, 0.29) is 16.6 Å². The van der Waals surface area contributed by atoms with Crippen molar-refractivity contribution in [1.82, 2.24) is 4.57 Å². The zero-order valence-electron chi connectivity index (χ0n) is 10.3. The monoisotopic (exact) mass is 250 g/mol. The summed E-state index contributed by atoms with van der Waals surface area (Å²) in [7, 11) is 0. The van der Waals surface area contributed by atoms with E-state index in [0.29, 0.717) is 5.56 Å². The van der Waals surface area contributed by atoms with Crippen molar-refractivity contribution in [2.24, 2.45) is 5.73 Å². The molecular formula is C13H18N2OS. The number of nitrogens with two attached hydrogens (primary N) is 1. The molecule has 2 rings (SSSR count). The summed E-state index contributed by atoms with van der Waals surface area (Å²) in [5.41, 5.74) is 8.52. The average Bonchev–Trinajstić information content (AvgIpc) is 2.27. The number of hydrogen-bond acceptors (Lipinski definition) is 2. The summed E-state index contributed by atoms with van der Waals surface area (Å²) in [4.78, 5) is 12.5. The summed E-state index contributed by atoms with van der Waals surface area (Å²) in [6.45, 7) is 4.05. The molecular weight excluding hydrogens is 232 g/mol. The van der Waals surface area contributed by atoms with Crippen LogP contribution in [0, 0.1) is 0 Å². The van der Waals surface area contributed by atoms with Gasteiger partial charge in [0.05, 0.1) is 5.56 Å². The maximum Gasteiger partial charge on any atom is 0.261 e. The molecule has 0 atom stereocenters. The minimum Gasteiger partial charge on any atom is -0.389 e. The van der Waals surface area contributed by atoms with E-state index in [9.17, 15) is 4.79 Å². The van der Waals surface area contributed by atoms with Crippen molar-refractivity contribution in [3.8, 4) is 0 Å². The maximum absolute atomic E-state index is 12.3. The minimum absolute atomic E-state index is 0.0341. The first kappa shape index (κ1) is 12.3. The summed E-state index contributed by atoms with van der Waals surface area (Å²) >= 11 is 4.97. The Kier molecular flexibility index (Phi) is 3.33. The van der Waals surface area contributed by atoms with E-state index in [1.165, 1.54) is 17.7 Å². The highest BCUT2D eigenvalue weighted by atomic mass is 32.1. The molecule has 1 aliphatic carbocycles. The van der Waals surface area contributed by atoms with E-state index in [2.05, 4.69) is 0 Å². The topological polar surface area (TPSA) is 48.0 Å². The molecule has 1 aromatic rings. The van der Waals surface area contributed by atoms with Gasteiger partial charge in [-0.25, -0.2) is 0 Å². The Hall–Kier alpha value is -1.16. The van der Waals surface area contributed by atoms with E-state index in [1.54, 1.807) is 0 Å². The van der Waals surface area contributed by atoms with Crippen LogP contribution < -0.4 is 11.3 Å². The van der Waals surface area contributed by atoms with Crippen molar-refractivity contribution < 1.29 is 0 Å². The first-order valence-corrected chi connectivity index (χ1v) is 6.50. The predicted octanol–water partition coefficient (Wildman–Crippen LogP) is 1.94. The SMILES string of the molecule is CC(C)n1c2c(cc(C(N)=S)c1=O)CCCC2. The number of aromatic nitrogens is 1. The number of thiocarbonyl (C=S) groups is 1. The van der Waals surface area contributed by atoms with Gasteiger partial charge >= 0.3 is 0 Å². The summed E-state index contributed by atoms with van der Waals surface area (Å²) in [5, 5.41) is 0. The molecule has 0 radical (unpaired) electrons. The minimum atomic E-state index is -0.0341. The van der Waals surface area contributed by atoms with Crippen molar-refractivity contribution in [3.05, 3.63) is 33.2 Å². The maximum atomic E-state index is 12.3. The molecule has 0 aromatic carbocycles. The van der Waals surface area contributed by atoms with Crippen molar-refractivity contribution in [1.29, 1.82) is 0 Å². The van der Waals surface area contributed by atoms with Gasteiger partial charge in [-0.2, -0.15) is 0 Å². The van der Waals surface area contributed by atoms with Crippen LogP contribution in [0.25, 0.3) is 0 Å². The highest BCUT2D eigenvalue weighted by Gasteiger charge is 2.19. The summed E-state index contributed by atoms with van der Waals surface area (Å²) in [6.07, 6.45) is 4.35. The highest BCUT2D eigenvalue weighted by Crippen LogP contribution is 2.22. The molecule has 17 heavy (non-hydrogen) atoms. The lowest BCUT2D eigenvalue weighted by Crippen LogP contribution is -2.34. The average molecular weight is 250 g/mol. The zero-order chi connectivity index (χ0) is 12.6. The third-order valence-electron chi connectivity index (χ3n) is 3.32. The van der Waals surface area contributed by atoms with Gasteiger partial charge in [0.1, 0.15) is 4.99 Å². The fourth-order valence-corrected chi connectivity index (χ4v) is 2.70. The Morgan fingerprint density at radius 1 is 1.41 bits per heavy atom. The van der Waals surface area contributed by atoms with E-state index < -0.39 is 0 Å². The van der Waals surface area contributed by atoms with E-state index in [1.807, 2.05) is 24.5 Å². The third-order valence-corrected chi connectivity index (χ3v) is 3.54. The molecule has 0 bridgehead atoms. The molecule has 0 unspecified atom stereocenters. The quantitative estimate of drug-likeness (QED) is 0.816.